The second-order valence-electron chi connectivity index (χ2n) is 5.92. The second kappa shape index (κ2) is 9.94. The predicted octanol–water partition coefficient (Wildman–Crippen LogP) is 4.76. The minimum absolute atomic E-state index is 0.966. The molecule has 0 saturated heterocycles. The van der Waals surface area contributed by atoms with E-state index in [4.69, 9.17) is 0 Å². The van der Waals surface area contributed by atoms with Crippen LogP contribution in [-0.2, 0) is 0 Å². The first-order valence-corrected chi connectivity index (χ1v) is 8.03. The maximum Gasteiger partial charge on any atom is -0.00209 e. The zero-order valence-corrected chi connectivity index (χ0v) is 12.1. The van der Waals surface area contributed by atoms with Crippen LogP contribution in [0.1, 0.15) is 77.6 Å². The standard InChI is InChI=1S/C16H33N/c1-3-4-5-6-8-11-15-12-9-7-10-13-16(15)14-17-2/h15-17H,3-14H2,1-2H3. The van der Waals surface area contributed by atoms with E-state index in [2.05, 4.69) is 19.3 Å². The highest BCUT2D eigenvalue weighted by atomic mass is 14.8. The van der Waals surface area contributed by atoms with Gasteiger partial charge in [0, 0.05) is 0 Å². The van der Waals surface area contributed by atoms with E-state index >= 15 is 0 Å². The van der Waals surface area contributed by atoms with E-state index in [1.165, 1.54) is 77.2 Å². The summed E-state index contributed by atoms with van der Waals surface area (Å²) < 4.78 is 0. The molecule has 2 unspecified atom stereocenters. The minimum Gasteiger partial charge on any atom is -0.319 e. The second-order valence-corrected chi connectivity index (χ2v) is 5.92. The van der Waals surface area contributed by atoms with Gasteiger partial charge in [0.15, 0.2) is 0 Å². The van der Waals surface area contributed by atoms with Gasteiger partial charge in [0.2, 0.25) is 0 Å². The molecule has 1 saturated carbocycles. The Morgan fingerprint density at radius 1 is 0.882 bits per heavy atom. The Morgan fingerprint density at radius 3 is 2.29 bits per heavy atom. The molecule has 1 rings (SSSR count). The van der Waals surface area contributed by atoms with E-state index in [1.807, 2.05) is 0 Å². The van der Waals surface area contributed by atoms with Crippen molar-refractivity contribution >= 4 is 0 Å². The Bertz CT molecular complexity index is 167. The van der Waals surface area contributed by atoms with Gasteiger partial charge in [0.25, 0.3) is 0 Å². The molecule has 1 N–H and O–H groups in total. The largest absolute Gasteiger partial charge is 0.319 e. The van der Waals surface area contributed by atoms with E-state index in [-0.39, 0.29) is 0 Å². The molecule has 1 heteroatoms. The van der Waals surface area contributed by atoms with Crippen LogP contribution < -0.4 is 5.32 Å². The normalized spacial score (nSPS) is 25.8. The van der Waals surface area contributed by atoms with Crippen molar-refractivity contribution in [2.75, 3.05) is 13.6 Å². The summed E-state index contributed by atoms with van der Waals surface area (Å²) in [5.41, 5.74) is 0. The molecule has 0 aliphatic heterocycles. The molecule has 1 nitrogen and oxygen atoms in total. The van der Waals surface area contributed by atoms with Crippen LogP contribution in [0.5, 0.6) is 0 Å². The fraction of sp³-hybridized carbons (Fsp3) is 1.00. The van der Waals surface area contributed by atoms with Crippen LogP contribution in [0.4, 0.5) is 0 Å². The number of rotatable bonds is 8. The fourth-order valence-electron chi connectivity index (χ4n) is 3.38. The molecule has 1 aliphatic rings. The Labute approximate surface area is 109 Å². The molecule has 1 aliphatic carbocycles. The minimum atomic E-state index is 0.966. The average Bonchev–Trinajstić information content (AvgIpc) is 2.55. The third-order valence-corrected chi connectivity index (χ3v) is 4.46. The molecule has 0 spiro atoms. The Morgan fingerprint density at radius 2 is 1.59 bits per heavy atom. The van der Waals surface area contributed by atoms with E-state index in [0.717, 1.165) is 11.8 Å². The summed E-state index contributed by atoms with van der Waals surface area (Å²) in [7, 11) is 2.11. The predicted molar refractivity (Wildman–Crippen MR) is 77.4 cm³/mol. The zero-order chi connectivity index (χ0) is 12.3. The van der Waals surface area contributed by atoms with Crippen LogP contribution in [-0.4, -0.2) is 13.6 Å². The van der Waals surface area contributed by atoms with Crippen molar-refractivity contribution < 1.29 is 0 Å². The van der Waals surface area contributed by atoms with Gasteiger partial charge in [0.1, 0.15) is 0 Å². The third-order valence-electron chi connectivity index (χ3n) is 4.46. The Hall–Kier alpha value is -0.0400. The van der Waals surface area contributed by atoms with Gasteiger partial charge in [0.05, 0.1) is 0 Å². The van der Waals surface area contributed by atoms with Gasteiger partial charge in [-0.25, -0.2) is 0 Å². The fourth-order valence-corrected chi connectivity index (χ4v) is 3.38. The summed E-state index contributed by atoms with van der Waals surface area (Å²) in [6.07, 6.45) is 16.1. The topological polar surface area (TPSA) is 12.0 Å². The lowest BCUT2D eigenvalue weighted by atomic mass is 9.84. The Kier molecular flexibility index (Phi) is 8.78. The molecular formula is C16H33N. The lowest BCUT2D eigenvalue weighted by molar-refractivity contribution is 0.280. The van der Waals surface area contributed by atoms with Crippen molar-refractivity contribution in [3.05, 3.63) is 0 Å². The highest BCUT2D eigenvalue weighted by Crippen LogP contribution is 2.32. The summed E-state index contributed by atoms with van der Waals surface area (Å²) in [6.45, 7) is 3.55. The zero-order valence-electron chi connectivity index (χ0n) is 12.1. The van der Waals surface area contributed by atoms with Crippen LogP contribution in [0.15, 0.2) is 0 Å². The van der Waals surface area contributed by atoms with E-state index in [1.54, 1.807) is 0 Å². The van der Waals surface area contributed by atoms with Crippen LogP contribution in [0.3, 0.4) is 0 Å². The summed E-state index contributed by atoms with van der Waals surface area (Å²) in [5.74, 6) is 1.99. The smallest absolute Gasteiger partial charge is 0.00209 e. The van der Waals surface area contributed by atoms with E-state index in [9.17, 15) is 0 Å². The molecule has 2 atom stereocenters. The van der Waals surface area contributed by atoms with Gasteiger partial charge >= 0.3 is 0 Å². The molecule has 0 aromatic carbocycles. The van der Waals surface area contributed by atoms with Crippen LogP contribution in [0, 0.1) is 11.8 Å². The highest BCUT2D eigenvalue weighted by molar-refractivity contribution is 4.75. The van der Waals surface area contributed by atoms with Gasteiger partial charge in [-0.2, -0.15) is 0 Å². The quantitative estimate of drug-likeness (QED) is 0.475. The molecular weight excluding hydrogens is 206 g/mol. The van der Waals surface area contributed by atoms with Crippen LogP contribution >= 0.6 is 0 Å². The van der Waals surface area contributed by atoms with E-state index in [0.29, 0.717) is 0 Å². The summed E-state index contributed by atoms with van der Waals surface area (Å²) >= 11 is 0. The summed E-state index contributed by atoms with van der Waals surface area (Å²) in [6, 6.07) is 0. The van der Waals surface area contributed by atoms with Gasteiger partial charge in [-0.05, 0) is 31.8 Å². The molecule has 102 valence electrons. The van der Waals surface area contributed by atoms with Crippen molar-refractivity contribution in [3.63, 3.8) is 0 Å². The number of nitrogens with one attached hydrogen (secondary N) is 1. The van der Waals surface area contributed by atoms with Crippen molar-refractivity contribution in [2.45, 2.75) is 77.6 Å². The highest BCUT2D eigenvalue weighted by Gasteiger charge is 2.22. The number of hydrogen-bond acceptors (Lipinski definition) is 1. The van der Waals surface area contributed by atoms with Crippen molar-refractivity contribution in [1.82, 2.24) is 5.32 Å². The van der Waals surface area contributed by atoms with Crippen molar-refractivity contribution in [3.8, 4) is 0 Å². The van der Waals surface area contributed by atoms with Crippen molar-refractivity contribution in [2.24, 2.45) is 11.8 Å². The van der Waals surface area contributed by atoms with Gasteiger partial charge < -0.3 is 5.32 Å². The van der Waals surface area contributed by atoms with Crippen molar-refractivity contribution in [1.29, 1.82) is 0 Å². The van der Waals surface area contributed by atoms with Crippen LogP contribution in [0.25, 0.3) is 0 Å². The summed E-state index contributed by atoms with van der Waals surface area (Å²) in [5, 5.41) is 3.41. The molecule has 0 radical (unpaired) electrons. The molecule has 0 aromatic rings. The molecule has 0 heterocycles. The third kappa shape index (κ3) is 6.45. The SMILES string of the molecule is CCCCCCCC1CCCCCC1CNC. The monoisotopic (exact) mass is 239 g/mol. The molecule has 0 aromatic heterocycles. The van der Waals surface area contributed by atoms with Crippen LogP contribution in [0.2, 0.25) is 0 Å². The molecule has 17 heavy (non-hydrogen) atoms. The average molecular weight is 239 g/mol. The van der Waals surface area contributed by atoms with E-state index < -0.39 is 0 Å². The molecule has 0 bridgehead atoms. The number of unbranched alkanes of at least 4 members (excludes halogenated alkanes) is 4. The number of hydrogen-bond donors (Lipinski definition) is 1. The lowest BCUT2D eigenvalue weighted by Crippen LogP contribution is -2.25. The lowest BCUT2D eigenvalue weighted by Gasteiger charge is -2.25. The maximum absolute atomic E-state index is 3.41. The molecule has 1 fully saturated rings. The summed E-state index contributed by atoms with van der Waals surface area (Å²) in [4.78, 5) is 0. The van der Waals surface area contributed by atoms with Gasteiger partial charge in [-0.15, -0.1) is 0 Å². The maximum atomic E-state index is 3.41. The Balaban J connectivity index is 2.20. The van der Waals surface area contributed by atoms with Gasteiger partial charge in [-0.1, -0.05) is 71.1 Å². The first-order valence-electron chi connectivity index (χ1n) is 8.03. The first-order chi connectivity index (χ1) is 8.38. The van der Waals surface area contributed by atoms with Gasteiger partial charge in [-0.3, -0.25) is 0 Å². The molecule has 0 amide bonds. The first kappa shape index (κ1) is 15.0.